The summed E-state index contributed by atoms with van der Waals surface area (Å²) in [4.78, 5) is 1.35. The molecule has 3 fully saturated rings. The average molecular weight is 510 g/mol. The van der Waals surface area contributed by atoms with Crippen molar-refractivity contribution in [3.8, 4) is 0 Å². The van der Waals surface area contributed by atoms with Crippen LogP contribution in [0.2, 0.25) is 0 Å². The number of hydrazine groups is 1. The number of rotatable bonds is 2. The Labute approximate surface area is 218 Å². The number of hydrogen-bond donors (Lipinski definition) is 4. The van der Waals surface area contributed by atoms with Crippen molar-refractivity contribution in [1.29, 1.82) is 0 Å². The number of nitrogens with zero attached hydrogens (tertiary/aromatic N) is 1. The highest BCUT2D eigenvalue weighted by Gasteiger charge is 2.73. The zero-order valence-electron chi connectivity index (χ0n) is 21.2. The van der Waals surface area contributed by atoms with Crippen molar-refractivity contribution < 1.29 is 14.9 Å². The molecule has 8 atom stereocenters. The highest BCUT2D eigenvalue weighted by molar-refractivity contribution is 6.26. The van der Waals surface area contributed by atoms with E-state index in [9.17, 15) is 10.2 Å². The van der Waals surface area contributed by atoms with Gasteiger partial charge in [0, 0.05) is 23.7 Å². The number of nitrogens with one attached hydrogen (secondary N) is 2. The minimum atomic E-state index is -0.949. The van der Waals surface area contributed by atoms with Crippen LogP contribution in [-0.2, 0) is 4.74 Å². The number of anilines is 1. The fraction of sp³-hybridized carbons (Fsp3) is 0.586. The van der Waals surface area contributed by atoms with Crippen LogP contribution in [0.3, 0.4) is 0 Å². The zero-order chi connectivity index (χ0) is 25.1. The van der Waals surface area contributed by atoms with E-state index in [0.717, 1.165) is 43.4 Å². The Bertz CT molecular complexity index is 1230. The molecule has 2 bridgehead atoms. The summed E-state index contributed by atoms with van der Waals surface area (Å²) in [5, 5.41) is 22.2. The molecule has 3 heterocycles. The Morgan fingerprint density at radius 1 is 1.14 bits per heavy atom. The summed E-state index contributed by atoms with van der Waals surface area (Å²) in [5.74, 6) is 0.261. The normalized spacial score (nSPS) is 46.1. The van der Waals surface area contributed by atoms with Gasteiger partial charge in [0.15, 0.2) is 0 Å². The van der Waals surface area contributed by atoms with Crippen LogP contribution >= 0.6 is 11.6 Å². The van der Waals surface area contributed by atoms with E-state index in [1.807, 2.05) is 25.2 Å². The lowest BCUT2D eigenvalue weighted by Gasteiger charge is -2.61. The SMILES string of the molecule is CN(C)[C@H]1C[C@@]23CC[C@]4(O2)C2CC=C(c5ccc6c(c5)C=CNN6)[C@@]2(C)CCC4(Cl)C=C3[C@@H](O)[C@@H]1O. The Morgan fingerprint density at radius 3 is 2.78 bits per heavy atom. The van der Waals surface area contributed by atoms with Crippen molar-refractivity contribution in [3.05, 3.63) is 53.3 Å². The Morgan fingerprint density at radius 2 is 1.97 bits per heavy atom. The van der Waals surface area contributed by atoms with Crippen LogP contribution < -0.4 is 10.9 Å². The fourth-order valence-electron chi connectivity index (χ4n) is 8.66. The monoisotopic (exact) mass is 509 g/mol. The van der Waals surface area contributed by atoms with Crippen molar-refractivity contribution in [1.82, 2.24) is 10.3 Å². The molecule has 6 aliphatic rings. The van der Waals surface area contributed by atoms with Gasteiger partial charge in [0.25, 0.3) is 0 Å². The average Bonchev–Trinajstić information content (AvgIpc) is 3.39. The first-order valence-corrected chi connectivity index (χ1v) is 13.7. The molecule has 0 aromatic heterocycles. The molecular weight excluding hydrogens is 474 g/mol. The van der Waals surface area contributed by atoms with Crippen LogP contribution in [0.5, 0.6) is 0 Å². The standard InChI is InChI=1S/C29H36ClN3O3/c1-26-9-11-28(30)15-20-24(34)25(35)22(33(2)3)16-27(20)10-12-29(28,36-27)23(26)7-5-19(26)17-4-6-21-18(14-17)8-13-31-32-21/h4-6,8,13-15,22-25,31-32,34-35H,7,9-12,16H2,1-3H3/t22-,23?,24+,25+,26+,27+,28?,29-/m0/s1. The Hall–Kier alpha value is -1.83. The number of likely N-dealkylation sites (N-methyl/N-ethyl adjacent to an activating group) is 1. The van der Waals surface area contributed by atoms with Crippen molar-refractivity contribution in [2.24, 2.45) is 11.3 Å². The topological polar surface area (TPSA) is 77.0 Å². The van der Waals surface area contributed by atoms with Crippen molar-refractivity contribution in [2.45, 2.75) is 79.8 Å². The first-order valence-electron chi connectivity index (χ1n) is 13.3. The third-order valence-corrected chi connectivity index (χ3v) is 11.2. The highest BCUT2D eigenvalue weighted by atomic mass is 35.5. The minimum absolute atomic E-state index is 0.0404. The van der Waals surface area contributed by atoms with E-state index in [4.69, 9.17) is 16.3 Å². The van der Waals surface area contributed by atoms with Gasteiger partial charge in [-0.1, -0.05) is 25.1 Å². The zero-order valence-corrected chi connectivity index (χ0v) is 22.0. The van der Waals surface area contributed by atoms with Crippen LogP contribution in [0.1, 0.15) is 56.6 Å². The number of halogens is 1. The van der Waals surface area contributed by atoms with E-state index in [1.165, 1.54) is 16.7 Å². The molecular formula is C29H36ClN3O3. The predicted octanol–water partition coefficient (Wildman–Crippen LogP) is 4.05. The van der Waals surface area contributed by atoms with Crippen LogP contribution in [0, 0.1) is 11.3 Å². The molecule has 1 saturated heterocycles. The maximum atomic E-state index is 11.2. The van der Waals surface area contributed by atoms with Crippen LogP contribution in [0.25, 0.3) is 11.6 Å². The van der Waals surface area contributed by atoms with E-state index in [-0.39, 0.29) is 17.4 Å². The van der Waals surface area contributed by atoms with E-state index in [1.54, 1.807) is 0 Å². The number of allylic oxidation sites excluding steroid dienone is 2. The van der Waals surface area contributed by atoms with Crippen LogP contribution in [0.15, 0.2) is 42.1 Å². The van der Waals surface area contributed by atoms with Gasteiger partial charge in [-0.3, -0.25) is 0 Å². The molecule has 4 N–H and O–H groups in total. The maximum Gasteiger partial charge on any atom is 0.105 e. The van der Waals surface area contributed by atoms with Gasteiger partial charge in [-0.05, 0) is 93.0 Å². The molecule has 7 rings (SSSR count). The maximum absolute atomic E-state index is 11.2. The lowest BCUT2D eigenvalue weighted by molar-refractivity contribution is -0.199. The highest BCUT2D eigenvalue weighted by Crippen LogP contribution is 2.71. The molecule has 6 nitrogen and oxygen atoms in total. The molecule has 2 spiro atoms. The number of aliphatic hydroxyl groups excluding tert-OH is 2. The second kappa shape index (κ2) is 7.39. The molecule has 0 radical (unpaired) electrons. The molecule has 36 heavy (non-hydrogen) atoms. The lowest BCUT2D eigenvalue weighted by Crippen LogP contribution is -2.68. The van der Waals surface area contributed by atoms with Crippen molar-refractivity contribution >= 4 is 28.9 Å². The number of aliphatic hydroxyl groups is 2. The van der Waals surface area contributed by atoms with Crippen LogP contribution in [-0.4, -0.2) is 63.5 Å². The molecule has 2 unspecified atom stereocenters. The van der Waals surface area contributed by atoms with E-state index in [0.29, 0.717) is 6.42 Å². The number of hydrogen-bond acceptors (Lipinski definition) is 6. The summed E-state index contributed by atoms with van der Waals surface area (Å²) in [6.07, 6.45) is 11.9. The quantitative estimate of drug-likeness (QED) is 0.356. The van der Waals surface area contributed by atoms with E-state index < -0.39 is 28.3 Å². The Balaban J connectivity index is 1.29. The lowest BCUT2D eigenvalue weighted by atomic mass is 9.54. The van der Waals surface area contributed by atoms with Crippen molar-refractivity contribution in [3.63, 3.8) is 0 Å². The van der Waals surface area contributed by atoms with Gasteiger partial charge < -0.3 is 30.7 Å². The first kappa shape index (κ1) is 23.3. The molecule has 0 amide bonds. The summed E-state index contributed by atoms with van der Waals surface area (Å²) in [7, 11) is 3.94. The second-order valence-corrected chi connectivity index (χ2v) is 13.0. The summed E-state index contributed by atoms with van der Waals surface area (Å²) in [6, 6.07) is 6.51. The fourth-order valence-corrected chi connectivity index (χ4v) is 9.14. The molecule has 192 valence electrons. The van der Waals surface area contributed by atoms with Gasteiger partial charge in [-0.25, -0.2) is 0 Å². The third-order valence-electron chi connectivity index (χ3n) is 10.6. The summed E-state index contributed by atoms with van der Waals surface area (Å²) in [5.41, 5.74) is 10.9. The van der Waals surface area contributed by atoms with Gasteiger partial charge >= 0.3 is 0 Å². The molecule has 3 aliphatic carbocycles. The number of fused-ring (bicyclic) bond motifs is 2. The summed E-state index contributed by atoms with van der Waals surface area (Å²) >= 11 is 7.55. The summed E-state index contributed by atoms with van der Waals surface area (Å²) in [6.45, 7) is 2.41. The predicted molar refractivity (Wildman–Crippen MR) is 142 cm³/mol. The molecule has 1 aromatic rings. The van der Waals surface area contributed by atoms with E-state index in [2.05, 4.69) is 54.2 Å². The molecule has 7 heteroatoms. The van der Waals surface area contributed by atoms with Gasteiger partial charge in [-0.2, -0.15) is 0 Å². The largest absolute Gasteiger partial charge is 0.388 e. The van der Waals surface area contributed by atoms with Gasteiger partial charge in [0.1, 0.15) is 6.10 Å². The molecule has 1 aromatic carbocycles. The number of alkyl halides is 1. The Kier molecular flexibility index (Phi) is 4.78. The number of ether oxygens (including phenoxy) is 1. The van der Waals surface area contributed by atoms with Gasteiger partial charge in [0.05, 0.1) is 27.9 Å². The van der Waals surface area contributed by atoms with E-state index >= 15 is 0 Å². The van der Waals surface area contributed by atoms with Gasteiger partial charge in [0.2, 0.25) is 0 Å². The third kappa shape index (κ3) is 2.77. The van der Waals surface area contributed by atoms with Crippen molar-refractivity contribution in [2.75, 3.05) is 19.5 Å². The molecule has 2 saturated carbocycles. The van der Waals surface area contributed by atoms with Crippen LogP contribution in [0.4, 0.5) is 5.69 Å². The smallest absolute Gasteiger partial charge is 0.105 e. The molecule has 3 aliphatic heterocycles. The second-order valence-electron chi connectivity index (χ2n) is 12.3. The summed E-state index contributed by atoms with van der Waals surface area (Å²) < 4.78 is 7.28. The first-order chi connectivity index (χ1) is 17.1. The minimum Gasteiger partial charge on any atom is -0.388 e. The van der Waals surface area contributed by atoms with Gasteiger partial charge in [-0.15, -0.1) is 11.6 Å². The number of benzene rings is 1.